The van der Waals surface area contributed by atoms with Gasteiger partial charge in [0.2, 0.25) is 0 Å². The largest absolute Gasteiger partial charge is 0.456 e. The van der Waals surface area contributed by atoms with Crippen molar-refractivity contribution < 1.29 is 4.42 Å². The first-order valence-corrected chi connectivity index (χ1v) is 19.8. The highest BCUT2D eigenvalue weighted by atomic mass is 16.3. The van der Waals surface area contributed by atoms with Gasteiger partial charge >= 0.3 is 0 Å². The molecular formula is C54H33N3O. The van der Waals surface area contributed by atoms with Crippen molar-refractivity contribution in [2.45, 2.75) is 0 Å². The predicted molar refractivity (Wildman–Crippen MR) is 242 cm³/mol. The standard InChI is InChI=1S/C54H33N3O/c1-4-14-36(15-5-1)55-47-22-12-10-20-39(47)43-30-45-42-28-34(25-27-48(42)56(51(45)32-50(43)55)37-16-6-2-7-17-37)35-24-26-40-44-31-46-41-21-11-13-23-53(41)58-54(46)33-52(44)57(49(40)29-35)38-18-8-3-9-19-38/h1-33H. The van der Waals surface area contributed by atoms with Crippen molar-refractivity contribution in [2.75, 3.05) is 0 Å². The first kappa shape index (κ1) is 31.4. The summed E-state index contributed by atoms with van der Waals surface area (Å²) in [6, 6.07) is 72.6. The maximum Gasteiger partial charge on any atom is 0.137 e. The van der Waals surface area contributed by atoms with E-state index in [4.69, 9.17) is 4.42 Å². The van der Waals surface area contributed by atoms with Crippen LogP contribution in [0.2, 0.25) is 0 Å². The SMILES string of the molecule is c1ccc(-n2c3cc(-c4ccc5c(c4)c4cc6c7ccccc7n(-c7ccccc7)c6cc4n5-c4ccccc4)ccc3c3cc4c(cc32)oc2ccccc24)cc1. The Balaban J connectivity index is 1.08. The van der Waals surface area contributed by atoms with Gasteiger partial charge in [-0.1, -0.05) is 109 Å². The summed E-state index contributed by atoms with van der Waals surface area (Å²) in [7, 11) is 0. The zero-order valence-electron chi connectivity index (χ0n) is 31.3. The molecule has 0 aliphatic heterocycles. The molecule has 0 unspecified atom stereocenters. The molecule has 0 aliphatic carbocycles. The molecule has 0 N–H and O–H groups in total. The van der Waals surface area contributed by atoms with Crippen LogP contribution in [-0.4, -0.2) is 13.7 Å². The number of hydrogen-bond acceptors (Lipinski definition) is 1. The minimum Gasteiger partial charge on any atom is -0.456 e. The van der Waals surface area contributed by atoms with Gasteiger partial charge in [0, 0.05) is 66.2 Å². The Morgan fingerprint density at radius 2 is 0.690 bits per heavy atom. The third-order valence-electron chi connectivity index (χ3n) is 12.2. The van der Waals surface area contributed by atoms with Crippen molar-refractivity contribution in [1.29, 1.82) is 0 Å². The van der Waals surface area contributed by atoms with Gasteiger partial charge in [0.05, 0.1) is 33.1 Å². The Morgan fingerprint density at radius 3 is 1.38 bits per heavy atom. The molecule has 270 valence electrons. The lowest BCUT2D eigenvalue weighted by Crippen LogP contribution is -1.95. The molecule has 58 heavy (non-hydrogen) atoms. The van der Waals surface area contributed by atoms with Gasteiger partial charge < -0.3 is 18.1 Å². The molecule has 4 heterocycles. The molecule has 0 saturated carbocycles. The summed E-state index contributed by atoms with van der Waals surface area (Å²) >= 11 is 0. The normalized spacial score (nSPS) is 12.1. The van der Waals surface area contributed by atoms with Crippen LogP contribution >= 0.6 is 0 Å². The van der Waals surface area contributed by atoms with Crippen LogP contribution in [0, 0.1) is 0 Å². The third kappa shape index (κ3) is 4.40. The highest BCUT2D eigenvalue weighted by molar-refractivity contribution is 6.21. The van der Waals surface area contributed by atoms with Gasteiger partial charge in [-0.15, -0.1) is 0 Å². The number of para-hydroxylation sites is 5. The molecule has 0 saturated heterocycles. The zero-order chi connectivity index (χ0) is 37.9. The number of nitrogens with zero attached hydrogens (tertiary/aromatic N) is 3. The van der Waals surface area contributed by atoms with E-state index in [-0.39, 0.29) is 0 Å². The summed E-state index contributed by atoms with van der Waals surface area (Å²) in [5.74, 6) is 0. The van der Waals surface area contributed by atoms with Crippen LogP contribution in [0.5, 0.6) is 0 Å². The first-order valence-electron chi connectivity index (χ1n) is 19.8. The lowest BCUT2D eigenvalue weighted by atomic mass is 10.0. The summed E-state index contributed by atoms with van der Waals surface area (Å²) < 4.78 is 13.6. The lowest BCUT2D eigenvalue weighted by molar-refractivity contribution is 0.669. The van der Waals surface area contributed by atoms with Crippen LogP contribution in [0.1, 0.15) is 0 Å². The molecule has 0 spiro atoms. The van der Waals surface area contributed by atoms with Crippen molar-refractivity contribution in [3.8, 4) is 28.2 Å². The summed E-state index contributed by atoms with van der Waals surface area (Å²) in [5.41, 5.74) is 14.6. The predicted octanol–water partition coefficient (Wildman–Crippen LogP) is 14.5. The smallest absolute Gasteiger partial charge is 0.137 e. The van der Waals surface area contributed by atoms with Crippen molar-refractivity contribution >= 4 is 87.4 Å². The van der Waals surface area contributed by atoms with E-state index >= 15 is 0 Å². The van der Waals surface area contributed by atoms with E-state index in [2.05, 4.69) is 208 Å². The highest BCUT2D eigenvalue weighted by Crippen LogP contribution is 2.43. The van der Waals surface area contributed by atoms with Crippen LogP contribution in [0.15, 0.2) is 205 Å². The van der Waals surface area contributed by atoms with E-state index in [0.717, 1.165) is 50.0 Å². The van der Waals surface area contributed by atoms with E-state index in [1.807, 2.05) is 6.07 Å². The molecule has 4 aromatic heterocycles. The molecule has 4 heteroatoms. The van der Waals surface area contributed by atoms with Crippen LogP contribution in [0.25, 0.3) is 116 Å². The summed E-state index contributed by atoms with van der Waals surface area (Å²) in [4.78, 5) is 0. The summed E-state index contributed by atoms with van der Waals surface area (Å²) in [6.45, 7) is 0. The minimum absolute atomic E-state index is 0.898. The molecule has 4 nitrogen and oxygen atoms in total. The van der Waals surface area contributed by atoms with Crippen molar-refractivity contribution in [3.05, 3.63) is 200 Å². The van der Waals surface area contributed by atoms with E-state index in [0.29, 0.717) is 0 Å². The highest BCUT2D eigenvalue weighted by Gasteiger charge is 2.21. The Kier molecular flexibility index (Phi) is 6.41. The fourth-order valence-corrected chi connectivity index (χ4v) is 9.64. The fraction of sp³-hybridized carbons (Fsp3) is 0. The average Bonchev–Trinajstić information content (AvgIpc) is 4.01. The van der Waals surface area contributed by atoms with Gasteiger partial charge in [-0.05, 0) is 96.1 Å². The second-order valence-corrected chi connectivity index (χ2v) is 15.3. The Bertz CT molecular complexity index is 3770. The first-order chi connectivity index (χ1) is 28.8. The molecule has 9 aromatic carbocycles. The topological polar surface area (TPSA) is 27.9 Å². The number of benzene rings is 9. The van der Waals surface area contributed by atoms with E-state index in [9.17, 15) is 0 Å². The fourth-order valence-electron chi connectivity index (χ4n) is 9.64. The maximum atomic E-state index is 6.41. The molecule has 0 bridgehead atoms. The number of rotatable bonds is 4. The monoisotopic (exact) mass is 739 g/mol. The van der Waals surface area contributed by atoms with Gasteiger partial charge in [0.25, 0.3) is 0 Å². The summed E-state index contributed by atoms with van der Waals surface area (Å²) in [6.07, 6.45) is 0. The summed E-state index contributed by atoms with van der Waals surface area (Å²) in [5, 5.41) is 9.67. The second kappa shape index (κ2) is 11.8. The molecule has 0 radical (unpaired) electrons. The molecule has 13 rings (SSSR count). The minimum atomic E-state index is 0.898. The molecule has 0 fully saturated rings. The zero-order valence-corrected chi connectivity index (χ0v) is 31.3. The number of aromatic nitrogens is 3. The Hall–Kier alpha value is -7.82. The molecule has 13 aromatic rings. The number of fused-ring (bicyclic) bond motifs is 12. The molecular weight excluding hydrogens is 707 g/mol. The van der Waals surface area contributed by atoms with E-state index in [1.165, 1.54) is 65.5 Å². The molecule has 0 atom stereocenters. The second-order valence-electron chi connectivity index (χ2n) is 15.3. The van der Waals surface area contributed by atoms with Crippen molar-refractivity contribution in [1.82, 2.24) is 13.7 Å². The number of hydrogen-bond donors (Lipinski definition) is 0. The Morgan fingerprint density at radius 1 is 0.241 bits per heavy atom. The average molecular weight is 740 g/mol. The van der Waals surface area contributed by atoms with Crippen LogP contribution < -0.4 is 0 Å². The Labute approximate surface area is 332 Å². The quantitative estimate of drug-likeness (QED) is 0.177. The van der Waals surface area contributed by atoms with Gasteiger partial charge in [-0.25, -0.2) is 0 Å². The third-order valence-corrected chi connectivity index (χ3v) is 12.2. The van der Waals surface area contributed by atoms with Crippen LogP contribution in [-0.2, 0) is 0 Å². The maximum absolute atomic E-state index is 6.41. The van der Waals surface area contributed by atoms with Gasteiger partial charge in [-0.2, -0.15) is 0 Å². The van der Waals surface area contributed by atoms with Crippen molar-refractivity contribution in [3.63, 3.8) is 0 Å². The van der Waals surface area contributed by atoms with Gasteiger partial charge in [-0.3, -0.25) is 0 Å². The van der Waals surface area contributed by atoms with E-state index < -0.39 is 0 Å². The van der Waals surface area contributed by atoms with Gasteiger partial charge in [0.1, 0.15) is 11.2 Å². The van der Waals surface area contributed by atoms with Crippen LogP contribution in [0.4, 0.5) is 0 Å². The lowest BCUT2D eigenvalue weighted by Gasteiger charge is -2.10. The van der Waals surface area contributed by atoms with Crippen LogP contribution in [0.3, 0.4) is 0 Å². The molecule has 0 aliphatic rings. The van der Waals surface area contributed by atoms with Crippen molar-refractivity contribution in [2.24, 2.45) is 0 Å². The number of furan rings is 1. The van der Waals surface area contributed by atoms with Gasteiger partial charge in [0.15, 0.2) is 0 Å². The molecule has 0 amide bonds. The van der Waals surface area contributed by atoms with E-state index in [1.54, 1.807) is 0 Å².